The highest BCUT2D eigenvalue weighted by atomic mass is 31.2. The average Bonchev–Trinajstić information content (AvgIpc) is 2.92. The Kier molecular flexibility index (Phi) is 17.6. The molecule has 0 N–H and O–H groups in total. The van der Waals surface area contributed by atoms with Crippen LogP contribution in [0.25, 0.3) is 5.57 Å². The average molecular weight is 1170 g/mol. The second kappa shape index (κ2) is 23.7. The predicted molar refractivity (Wildman–Crippen MR) is 257 cm³/mol. The molecular formula is C55H28BF20O4P. The van der Waals surface area contributed by atoms with Gasteiger partial charge in [0.25, 0.3) is 0 Å². The Hall–Kier alpha value is -8.47. The number of hydrogen-bond acceptors (Lipinski definition) is 4. The van der Waals surface area contributed by atoms with E-state index in [-0.39, 0.29) is 5.57 Å². The maximum Gasteiger partial charge on any atom is 0.345 e. The molecule has 81 heavy (non-hydrogen) atoms. The third-order valence-electron chi connectivity index (χ3n) is 12.9. The molecule has 0 radical (unpaired) electrons. The van der Waals surface area contributed by atoms with E-state index >= 15 is 35.1 Å². The van der Waals surface area contributed by atoms with Gasteiger partial charge in [0, 0.05) is 5.57 Å². The lowest BCUT2D eigenvalue weighted by atomic mass is 9.12. The minimum absolute atomic E-state index is 0.0848. The van der Waals surface area contributed by atoms with Crippen LogP contribution in [0.4, 0.5) is 87.8 Å². The van der Waals surface area contributed by atoms with Crippen molar-refractivity contribution in [3.63, 3.8) is 0 Å². The van der Waals surface area contributed by atoms with Crippen LogP contribution in [0.2, 0.25) is 0 Å². The van der Waals surface area contributed by atoms with Gasteiger partial charge >= 0.3 is 11.9 Å². The van der Waals surface area contributed by atoms with Crippen LogP contribution in [0.3, 0.4) is 0 Å². The van der Waals surface area contributed by atoms with Crippen molar-refractivity contribution in [2.24, 2.45) is 0 Å². The Morgan fingerprint density at radius 1 is 0.321 bits per heavy atom. The van der Waals surface area contributed by atoms with Crippen LogP contribution in [0.5, 0.6) is 0 Å². The summed E-state index contributed by atoms with van der Waals surface area (Å²) in [7, 11) is 0.157. The quantitative estimate of drug-likeness (QED) is 0.0141. The van der Waals surface area contributed by atoms with Gasteiger partial charge in [0.2, 0.25) is 0 Å². The maximum atomic E-state index is 15.4. The van der Waals surface area contributed by atoms with Gasteiger partial charge in [-0.15, -0.1) is 21.9 Å². The third-order valence-corrected chi connectivity index (χ3v) is 17.2. The van der Waals surface area contributed by atoms with Crippen molar-refractivity contribution >= 4 is 68.7 Å². The molecule has 0 fully saturated rings. The first-order valence-electron chi connectivity index (χ1n) is 22.6. The fraction of sp³-hybridized carbons (Fsp3) is 0.0545. The molecule has 0 unspecified atom stereocenters. The summed E-state index contributed by atoms with van der Waals surface area (Å²) in [6.45, 7) is 0. The molecule has 0 saturated carbocycles. The van der Waals surface area contributed by atoms with Crippen molar-refractivity contribution < 1.29 is 107 Å². The van der Waals surface area contributed by atoms with E-state index in [2.05, 4.69) is 36.4 Å². The van der Waals surface area contributed by atoms with E-state index in [1.807, 2.05) is 84.9 Å². The van der Waals surface area contributed by atoms with Crippen LogP contribution in [0.1, 0.15) is 5.56 Å². The SMILES string of the molecule is COC(=O)C(C(=O)OC)=C(C[P+](c1ccccc1)(c1ccccc1)c1ccccc1)c1ccccc1.Fc1c(F)c(F)c([B-](c2c(F)c(F)c(F)c(F)c2F)(c2c(F)c(F)c(F)c(F)c2F)c2c(F)c(F)c(F)c(F)c2F)c(F)c1F. The van der Waals surface area contributed by atoms with Gasteiger partial charge in [-0.25, -0.2) is 97.4 Å². The summed E-state index contributed by atoms with van der Waals surface area (Å²) in [6, 6.07) is 40.5. The topological polar surface area (TPSA) is 52.6 Å². The van der Waals surface area contributed by atoms with Crippen LogP contribution < -0.4 is 37.8 Å². The number of halogens is 20. The van der Waals surface area contributed by atoms with E-state index in [0.29, 0.717) is 11.7 Å². The molecule has 0 aliphatic heterocycles. The summed E-state index contributed by atoms with van der Waals surface area (Å²) in [5, 5.41) is 3.43. The Bertz CT molecular complexity index is 3300. The van der Waals surface area contributed by atoms with Gasteiger partial charge in [0.15, 0.2) is 75.4 Å². The summed E-state index contributed by atoms with van der Waals surface area (Å²) in [6.07, 6.45) is -6.79. The lowest BCUT2D eigenvalue weighted by Crippen LogP contribution is -2.81. The molecule has 8 aromatic carbocycles. The smallest absolute Gasteiger partial charge is 0.345 e. The molecule has 4 nitrogen and oxygen atoms in total. The highest BCUT2D eigenvalue weighted by Gasteiger charge is 2.53. The van der Waals surface area contributed by atoms with E-state index in [4.69, 9.17) is 9.47 Å². The number of ether oxygens (including phenoxy) is 2. The number of esters is 2. The predicted octanol–water partition coefficient (Wildman–Crippen LogP) is 10.6. The first-order valence-corrected chi connectivity index (χ1v) is 24.5. The van der Waals surface area contributed by atoms with Gasteiger partial charge < -0.3 is 9.47 Å². The van der Waals surface area contributed by atoms with Crippen molar-refractivity contribution in [1.29, 1.82) is 0 Å². The Morgan fingerprint density at radius 3 is 0.728 bits per heavy atom. The molecule has 0 heterocycles. The van der Waals surface area contributed by atoms with Gasteiger partial charge in [-0.3, -0.25) is 0 Å². The van der Waals surface area contributed by atoms with Crippen LogP contribution in [0.15, 0.2) is 127 Å². The van der Waals surface area contributed by atoms with E-state index in [0.717, 1.165) is 21.5 Å². The van der Waals surface area contributed by atoms with E-state index < -0.39 is 164 Å². The molecule has 0 aliphatic carbocycles. The molecule has 8 aromatic rings. The first kappa shape index (κ1) is 60.2. The van der Waals surface area contributed by atoms with Gasteiger partial charge in [-0.2, -0.15) is 0 Å². The minimum Gasteiger partial charge on any atom is -0.465 e. The van der Waals surface area contributed by atoms with E-state index in [9.17, 15) is 62.3 Å². The molecule has 0 bridgehead atoms. The van der Waals surface area contributed by atoms with Crippen LogP contribution in [-0.2, 0) is 19.1 Å². The standard InChI is InChI=1S/C31H28O4P.C24BF20/c1-34-30(32)29(31(33)35-2)28(24-15-7-3-8-16-24)23-36(25-17-9-4-10-18-25,26-19-11-5-12-20-26)27-21-13-6-14-22-27;26-5-1(6(27)14(35)21(42)13(5)34)25(2-7(28)15(36)22(43)16(37)8(2)29,3-9(30)17(38)23(44)18(39)10(3)31)4-11(32)19(40)24(45)20(41)12(4)33/h3-22H,23H2,1-2H3;/q+1;-1. The van der Waals surface area contributed by atoms with Gasteiger partial charge in [-0.05, 0) is 42.0 Å². The van der Waals surface area contributed by atoms with Crippen molar-refractivity contribution in [3.05, 3.63) is 249 Å². The number of carbonyl (C=O) groups is 2. The normalized spacial score (nSPS) is 11.5. The number of carbonyl (C=O) groups excluding carboxylic acids is 2. The molecule has 26 heteroatoms. The largest absolute Gasteiger partial charge is 0.465 e. The molecule has 0 atom stereocenters. The molecule has 8 rings (SSSR count). The number of methoxy groups -OCH3 is 2. The molecule has 420 valence electrons. The zero-order chi connectivity index (χ0) is 59.7. The fourth-order valence-corrected chi connectivity index (χ4v) is 13.7. The van der Waals surface area contributed by atoms with Crippen molar-refractivity contribution in [3.8, 4) is 0 Å². The monoisotopic (exact) mass is 1170 g/mol. The lowest BCUT2D eigenvalue weighted by Gasteiger charge is -2.44. The van der Waals surface area contributed by atoms with Crippen molar-refractivity contribution in [2.75, 3.05) is 20.4 Å². The van der Waals surface area contributed by atoms with Crippen molar-refractivity contribution in [1.82, 2.24) is 0 Å². The summed E-state index contributed by atoms with van der Waals surface area (Å²) >= 11 is 0. The van der Waals surface area contributed by atoms with Gasteiger partial charge in [0.1, 0.15) is 82.0 Å². The molecular weight excluding hydrogens is 1150 g/mol. The number of allylic oxidation sites excluding steroid dienone is 1. The summed E-state index contributed by atoms with van der Waals surface area (Å²) in [5.41, 5.74) is -13.0. The minimum atomic E-state index is -7.22. The third kappa shape index (κ3) is 9.94. The second-order valence-electron chi connectivity index (χ2n) is 17.0. The van der Waals surface area contributed by atoms with Gasteiger partial charge in [-0.1, -0.05) is 84.9 Å². The number of benzene rings is 8. The maximum absolute atomic E-state index is 15.4. The Labute approximate surface area is 443 Å². The zero-order valence-corrected chi connectivity index (χ0v) is 41.4. The fourth-order valence-electron chi connectivity index (χ4n) is 9.37. The van der Waals surface area contributed by atoms with E-state index in [1.165, 1.54) is 14.2 Å². The molecule has 0 amide bonds. The Balaban J connectivity index is 0.000000239. The summed E-state index contributed by atoms with van der Waals surface area (Å²) in [5.74, 6) is -72.8. The zero-order valence-electron chi connectivity index (χ0n) is 40.5. The molecule has 0 saturated heterocycles. The summed E-state index contributed by atoms with van der Waals surface area (Å²) < 4.78 is 304. The number of rotatable bonds is 12. The highest BCUT2D eigenvalue weighted by molar-refractivity contribution is 7.96. The van der Waals surface area contributed by atoms with Crippen molar-refractivity contribution in [2.45, 2.75) is 0 Å². The van der Waals surface area contributed by atoms with Gasteiger partial charge in [0.05, 0.1) is 14.2 Å². The molecule has 0 spiro atoms. The van der Waals surface area contributed by atoms with Crippen LogP contribution >= 0.6 is 7.26 Å². The second-order valence-corrected chi connectivity index (χ2v) is 20.5. The molecule has 0 aliphatic rings. The first-order chi connectivity index (χ1) is 38.3. The lowest BCUT2D eigenvalue weighted by molar-refractivity contribution is -0.143. The summed E-state index contributed by atoms with van der Waals surface area (Å²) in [4.78, 5) is 26.1. The van der Waals surface area contributed by atoms with Crippen LogP contribution in [-0.4, -0.2) is 38.5 Å². The number of hydrogen-bond donors (Lipinski definition) is 0. The Morgan fingerprint density at radius 2 is 0.519 bits per heavy atom. The van der Waals surface area contributed by atoms with Crippen LogP contribution in [0, 0.1) is 116 Å². The highest BCUT2D eigenvalue weighted by Crippen LogP contribution is 2.58. The molecule has 0 aromatic heterocycles. The van der Waals surface area contributed by atoms with E-state index in [1.54, 1.807) is 0 Å².